The van der Waals surface area contributed by atoms with Gasteiger partial charge in [-0.25, -0.2) is 4.79 Å². The van der Waals surface area contributed by atoms with Crippen LogP contribution in [0.4, 0.5) is 18.9 Å². The Hall–Kier alpha value is -2.98. The Morgan fingerprint density at radius 3 is 2.61 bits per heavy atom. The van der Waals surface area contributed by atoms with Gasteiger partial charge in [0.25, 0.3) is 0 Å². The van der Waals surface area contributed by atoms with Crippen molar-refractivity contribution in [3.05, 3.63) is 45.9 Å². The minimum absolute atomic E-state index is 0.0268. The van der Waals surface area contributed by atoms with Crippen LogP contribution in [-0.4, -0.2) is 20.7 Å². The Balaban J connectivity index is 2.23. The maximum atomic E-state index is 12.7. The maximum absolute atomic E-state index is 12.7. The van der Waals surface area contributed by atoms with E-state index in [2.05, 4.69) is 14.9 Å². The zero-order valence-corrected chi connectivity index (χ0v) is 11.7. The summed E-state index contributed by atoms with van der Waals surface area (Å²) >= 11 is 0. The molecule has 2 heterocycles. The second kappa shape index (κ2) is 6.02. The van der Waals surface area contributed by atoms with Gasteiger partial charge in [0.2, 0.25) is 0 Å². The lowest BCUT2D eigenvalue weighted by Gasteiger charge is -2.04. The molecule has 0 unspecified atom stereocenters. The highest BCUT2D eigenvalue weighted by Crippen LogP contribution is 2.34. The summed E-state index contributed by atoms with van der Waals surface area (Å²) in [5, 5.41) is 5.43. The third-order valence-corrected chi connectivity index (χ3v) is 3.01. The minimum atomic E-state index is -4.65. The molecular weight excluding hydrogens is 319 g/mol. The number of hydrogen-bond acceptors (Lipinski definition) is 7. The molecule has 0 saturated carbocycles. The number of aromatic nitrogens is 3. The highest BCUT2D eigenvalue weighted by atomic mass is 19.4. The monoisotopic (exact) mass is 329 g/mol. The van der Waals surface area contributed by atoms with E-state index in [0.717, 1.165) is 10.9 Å². The number of halogens is 3. The molecule has 0 atom stereocenters. The molecule has 0 aliphatic heterocycles. The van der Waals surface area contributed by atoms with Crippen molar-refractivity contribution in [2.24, 2.45) is 5.34 Å². The van der Waals surface area contributed by atoms with Crippen molar-refractivity contribution >= 4 is 11.7 Å². The van der Waals surface area contributed by atoms with Crippen LogP contribution >= 0.6 is 0 Å². The summed E-state index contributed by atoms with van der Waals surface area (Å²) in [4.78, 5) is 28.8. The van der Waals surface area contributed by atoms with Crippen molar-refractivity contribution in [2.45, 2.75) is 19.6 Å². The number of carbonyl (C=O) groups excluding carboxylic acids is 1. The van der Waals surface area contributed by atoms with Crippen LogP contribution in [0.25, 0.3) is 0 Å². The number of nitrogens with two attached hydrogens (primary N) is 1. The van der Waals surface area contributed by atoms with Crippen LogP contribution < -0.4 is 5.73 Å². The van der Waals surface area contributed by atoms with Crippen LogP contribution in [0.15, 0.2) is 23.7 Å². The van der Waals surface area contributed by atoms with Gasteiger partial charge in [-0.2, -0.15) is 18.3 Å². The lowest BCUT2D eigenvalue weighted by molar-refractivity contribution is -0.140. The standard InChI is InChI=1S/C12H10F3N5O3/c1-6-9(16)10(12(13,14)15)18-20(6)5-8-3-2-7(4-17-8)11(21)23-19-22/h2-4H,5,16H2,1H3. The van der Waals surface area contributed by atoms with E-state index >= 15 is 0 Å². The molecule has 0 aliphatic carbocycles. The number of anilines is 1. The van der Waals surface area contributed by atoms with E-state index in [1.165, 1.54) is 19.1 Å². The average Bonchev–Trinajstić information content (AvgIpc) is 2.76. The Morgan fingerprint density at radius 2 is 2.13 bits per heavy atom. The fourth-order valence-corrected chi connectivity index (χ4v) is 1.80. The first kappa shape index (κ1) is 16.4. The predicted octanol–water partition coefficient (Wildman–Crippen LogP) is 2.07. The van der Waals surface area contributed by atoms with Gasteiger partial charge in [-0.15, -0.1) is 4.91 Å². The van der Waals surface area contributed by atoms with Crippen LogP contribution in [0, 0.1) is 11.8 Å². The zero-order valence-electron chi connectivity index (χ0n) is 11.7. The molecule has 2 N–H and O–H groups in total. The van der Waals surface area contributed by atoms with Gasteiger partial charge in [-0.3, -0.25) is 14.5 Å². The molecule has 0 aromatic carbocycles. The molecule has 2 aromatic rings. The quantitative estimate of drug-likeness (QED) is 0.679. The van der Waals surface area contributed by atoms with E-state index in [1.54, 1.807) is 0 Å². The van der Waals surface area contributed by atoms with Gasteiger partial charge >= 0.3 is 12.1 Å². The van der Waals surface area contributed by atoms with Crippen molar-refractivity contribution in [3.8, 4) is 0 Å². The van der Waals surface area contributed by atoms with Crippen LogP contribution in [0.3, 0.4) is 0 Å². The largest absolute Gasteiger partial charge is 0.437 e. The summed E-state index contributed by atoms with van der Waals surface area (Å²) in [7, 11) is 0. The highest BCUT2D eigenvalue weighted by Gasteiger charge is 2.37. The van der Waals surface area contributed by atoms with Crippen LogP contribution in [0.5, 0.6) is 0 Å². The second-order valence-electron chi connectivity index (χ2n) is 4.49. The van der Waals surface area contributed by atoms with Crippen LogP contribution in [0.2, 0.25) is 0 Å². The first-order valence-corrected chi connectivity index (χ1v) is 6.13. The van der Waals surface area contributed by atoms with Crippen molar-refractivity contribution in [3.63, 3.8) is 0 Å². The Labute approximate surface area is 127 Å². The zero-order chi connectivity index (χ0) is 17.2. The lowest BCUT2D eigenvalue weighted by Crippen LogP contribution is -2.10. The third kappa shape index (κ3) is 3.44. The number of carbonyl (C=O) groups is 1. The molecule has 0 amide bonds. The summed E-state index contributed by atoms with van der Waals surface area (Å²) in [5.74, 6) is -0.988. The maximum Gasteiger partial charge on any atom is 0.437 e. The van der Waals surface area contributed by atoms with Gasteiger partial charge in [-0.05, 0) is 19.1 Å². The topological polar surface area (TPSA) is 112 Å². The predicted molar refractivity (Wildman–Crippen MR) is 70.9 cm³/mol. The number of pyridine rings is 1. The van der Waals surface area contributed by atoms with Gasteiger partial charge < -0.3 is 5.73 Å². The first-order chi connectivity index (χ1) is 10.7. The summed E-state index contributed by atoms with van der Waals surface area (Å²) in [6.45, 7) is 1.33. The summed E-state index contributed by atoms with van der Waals surface area (Å²) in [6, 6.07) is 2.68. The summed E-state index contributed by atoms with van der Waals surface area (Å²) < 4.78 is 39.3. The number of rotatable bonds is 4. The molecule has 23 heavy (non-hydrogen) atoms. The molecule has 122 valence electrons. The molecule has 0 aliphatic rings. The van der Waals surface area contributed by atoms with E-state index in [1.807, 2.05) is 5.34 Å². The van der Waals surface area contributed by atoms with E-state index in [-0.39, 0.29) is 17.8 Å². The van der Waals surface area contributed by atoms with E-state index in [9.17, 15) is 22.9 Å². The smallest absolute Gasteiger partial charge is 0.395 e. The molecule has 0 spiro atoms. The number of nitrogen functional groups attached to an aromatic ring is 1. The van der Waals surface area contributed by atoms with Gasteiger partial charge in [-0.1, -0.05) is 0 Å². The average molecular weight is 329 g/mol. The molecule has 11 heteroatoms. The fraction of sp³-hybridized carbons (Fsp3) is 0.250. The number of hydrogen-bond donors (Lipinski definition) is 1. The van der Waals surface area contributed by atoms with Gasteiger partial charge in [0.15, 0.2) is 11.0 Å². The highest BCUT2D eigenvalue weighted by molar-refractivity contribution is 5.88. The van der Waals surface area contributed by atoms with Crippen molar-refractivity contribution in [2.75, 3.05) is 5.73 Å². The summed E-state index contributed by atoms with van der Waals surface area (Å²) in [6.07, 6.45) is -3.54. The van der Waals surface area contributed by atoms with Crippen molar-refractivity contribution in [1.29, 1.82) is 0 Å². The second-order valence-corrected chi connectivity index (χ2v) is 4.49. The van der Waals surface area contributed by atoms with Crippen molar-refractivity contribution in [1.82, 2.24) is 14.8 Å². The number of nitrogens with zero attached hydrogens (tertiary/aromatic N) is 4. The number of alkyl halides is 3. The first-order valence-electron chi connectivity index (χ1n) is 6.13. The molecule has 0 bridgehead atoms. The fourth-order valence-electron chi connectivity index (χ4n) is 1.80. The third-order valence-electron chi connectivity index (χ3n) is 3.01. The molecular formula is C12H10F3N5O3. The van der Waals surface area contributed by atoms with Crippen molar-refractivity contribution < 1.29 is 22.8 Å². The molecule has 0 radical (unpaired) electrons. The van der Waals surface area contributed by atoms with E-state index in [0.29, 0.717) is 5.69 Å². The molecule has 2 aromatic heterocycles. The lowest BCUT2D eigenvalue weighted by atomic mass is 10.2. The Kier molecular flexibility index (Phi) is 4.29. The Bertz CT molecular complexity index is 740. The van der Waals surface area contributed by atoms with E-state index in [4.69, 9.17) is 5.73 Å². The minimum Gasteiger partial charge on any atom is -0.395 e. The normalized spacial score (nSPS) is 11.3. The molecule has 0 fully saturated rings. The van der Waals surface area contributed by atoms with Gasteiger partial charge in [0, 0.05) is 6.20 Å². The summed E-state index contributed by atoms with van der Waals surface area (Å²) in [5.41, 5.74) is 4.26. The SMILES string of the molecule is Cc1c(N)c(C(F)(F)F)nn1Cc1ccc(C(=O)ON=O)cn1. The van der Waals surface area contributed by atoms with E-state index < -0.39 is 23.5 Å². The van der Waals surface area contributed by atoms with Gasteiger partial charge in [0.05, 0.1) is 29.2 Å². The molecule has 2 rings (SSSR count). The Morgan fingerprint density at radius 1 is 1.43 bits per heavy atom. The van der Waals surface area contributed by atoms with Gasteiger partial charge in [0.1, 0.15) is 0 Å². The molecule has 8 nitrogen and oxygen atoms in total. The molecule has 0 saturated heterocycles. The van der Waals surface area contributed by atoms with Crippen LogP contribution in [-0.2, 0) is 17.6 Å². The van der Waals surface area contributed by atoms with Crippen LogP contribution in [0.1, 0.15) is 27.4 Å².